The first-order chi connectivity index (χ1) is 16.6. The highest BCUT2D eigenvalue weighted by molar-refractivity contribution is 5.97. The Hall–Kier alpha value is -3.53. The molecule has 2 N–H and O–H groups in total. The van der Waals surface area contributed by atoms with Crippen molar-refractivity contribution >= 4 is 11.9 Å². The number of para-hydroxylation sites is 1. The third-order valence-corrected chi connectivity index (χ3v) is 6.82. The minimum atomic E-state index is -0.154. The third-order valence-electron chi connectivity index (χ3n) is 6.82. The Morgan fingerprint density at radius 1 is 1.12 bits per heavy atom. The Balaban J connectivity index is 1.74. The fraction of sp³-hybridized carbons (Fsp3) is 0.444. The van der Waals surface area contributed by atoms with Crippen molar-refractivity contribution in [1.29, 1.82) is 5.26 Å². The molecule has 1 fully saturated rings. The van der Waals surface area contributed by atoms with Crippen molar-refractivity contribution in [3.05, 3.63) is 65.7 Å². The first kappa shape index (κ1) is 25.1. The number of nitrogens with one attached hydrogen (secondary N) is 2. The molecule has 0 unspecified atom stereocenters. The number of nitriles is 1. The van der Waals surface area contributed by atoms with E-state index < -0.39 is 0 Å². The van der Waals surface area contributed by atoms with Gasteiger partial charge in [-0.15, -0.1) is 4.99 Å². The molecule has 1 aliphatic rings. The van der Waals surface area contributed by atoms with Crippen LogP contribution in [-0.2, 0) is 5.41 Å². The minimum absolute atomic E-state index is 0.127. The Kier molecular flexibility index (Phi) is 8.92. The molecule has 0 aliphatic heterocycles. The summed E-state index contributed by atoms with van der Waals surface area (Å²) in [5, 5.41) is 15.8. The van der Waals surface area contributed by atoms with Crippen molar-refractivity contribution in [3.63, 3.8) is 0 Å². The van der Waals surface area contributed by atoms with Crippen molar-refractivity contribution in [2.75, 3.05) is 26.7 Å². The normalized spacial score (nSPS) is 20.2. The van der Waals surface area contributed by atoms with Gasteiger partial charge in [0.2, 0.25) is 12.2 Å². The Morgan fingerprint density at radius 3 is 2.38 bits per heavy atom. The summed E-state index contributed by atoms with van der Waals surface area (Å²) in [5.41, 5.74) is 1.63. The van der Waals surface area contributed by atoms with Gasteiger partial charge in [-0.3, -0.25) is 4.79 Å². The van der Waals surface area contributed by atoms with E-state index in [9.17, 15) is 4.79 Å². The van der Waals surface area contributed by atoms with E-state index in [1.807, 2.05) is 24.4 Å². The molecule has 3 rings (SSSR count). The predicted octanol–water partition coefficient (Wildman–Crippen LogP) is 4.07. The van der Waals surface area contributed by atoms with Crippen LogP contribution in [0, 0.1) is 11.5 Å². The molecule has 0 spiro atoms. The lowest BCUT2D eigenvalue weighted by molar-refractivity contribution is 0.0932. The number of carbonyl (C=O) groups excluding carboxylic acids is 1. The van der Waals surface area contributed by atoms with Crippen LogP contribution in [0.25, 0.3) is 0 Å². The first-order valence-corrected chi connectivity index (χ1v) is 12.0. The number of rotatable bonds is 8. The zero-order valence-electron chi connectivity index (χ0n) is 20.4. The van der Waals surface area contributed by atoms with E-state index in [-0.39, 0.29) is 17.4 Å². The first-order valence-electron chi connectivity index (χ1n) is 12.0. The van der Waals surface area contributed by atoms with Crippen LogP contribution in [0.2, 0.25) is 0 Å². The summed E-state index contributed by atoms with van der Waals surface area (Å²) in [4.78, 5) is 19.1. The molecule has 180 valence electrons. The number of guanidine groups is 1. The average molecular weight is 462 g/mol. The van der Waals surface area contributed by atoms with E-state index in [1.165, 1.54) is 5.56 Å². The van der Waals surface area contributed by atoms with E-state index in [0.29, 0.717) is 23.8 Å². The second kappa shape index (κ2) is 12.1. The molecular weight excluding hydrogens is 426 g/mol. The number of nitrogens with zero attached hydrogens (tertiary/aromatic N) is 3. The summed E-state index contributed by atoms with van der Waals surface area (Å²) < 4.78 is 5.37. The number of ether oxygens (including phenoxy) is 1. The quantitative estimate of drug-likeness (QED) is 0.351. The summed E-state index contributed by atoms with van der Waals surface area (Å²) in [5.74, 6) is 1.09. The number of carbonyl (C=O) groups is 1. The van der Waals surface area contributed by atoms with Gasteiger partial charge in [-0.2, -0.15) is 5.26 Å². The standard InChI is InChI=1S/C27H35N5O2/c1-4-32(5-2)26(30-20-28)31-22-15-17-27(18-16-22,21-11-7-6-8-12-21)19-29-25(33)23-13-9-10-14-24(23)34-3/h6-14,22H,4-5,15-19H2,1-3H3,(H,29,33)(H,30,31)/t22-,27-. The van der Waals surface area contributed by atoms with E-state index in [4.69, 9.17) is 10.00 Å². The monoisotopic (exact) mass is 461 g/mol. The number of amides is 1. The third kappa shape index (κ3) is 5.88. The zero-order chi connectivity index (χ0) is 24.4. The summed E-state index contributed by atoms with van der Waals surface area (Å²) in [6.07, 6.45) is 5.61. The maximum atomic E-state index is 13.0. The van der Waals surface area contributed by atoms with Gasteiger partial charge < -0.3 is 20.3 Å². The molecule has 2 aromatic carbocycles. The molecule has 0 heterocycles. The van der Waals surface area contributed by atoms with Crippen LogP contribution >= 0.6 is 0 Å². The van der Waals surface area contributed by atoms with Crippen molar-refractivity contribution in [1.82, 2.24) is 15.5 Å². The van der Waals surface area contributed by atoms with E-state index in [2.05, 4.69) is 58.6 Å². The maximum Gasteiger partial charge on any atom is 0.255 e. The van der Waals surface area contributed by atoms with Gasteiger partial charge >= 0.3 is 0 Å². The van der Waals surface area contributed by atoms with Crippen molar-refractivity contribution in [2.45, 2.75) is 51.0 Å². The van der Waals surface area contributed by atoms with Gasteiger partial charge in [0, 0.05) is 31.1 Å². The topological polar surface area (TPSA) is 89.8 Å². The molecule has 0 bridgehead atoms. The highest BCUT2D eigenvalue weighted by atomic mass is 16.5. The molecule has 0 radical (unpaired) electrons. The summed E-state index contributed by atoms with van der Waals surface area (Å²) in [6, 6.07) is 18.0. The summed E-state index contributed by atoms with van der Waals surface area (Å²) in [7, 11) is 1.58. The van der Waals surface area contributed by atoms with Gasteiger partial charge in [0.05, 0.1) is 12.7 Å². The number of hydrogen-bond donors (Lipinski definition) is 2. The average Bonchev–Trinajstić information content (AvgIpc) is 2.89. The molecule has 1 aliphatic carbocycles. The molecule has 1 saturated carbocycles. The Labute approximate surface area is 202 Å². The Morgan fingerprint density at radius 2 is 1.76 bits per heavy atom. The predicted molar refractivity (Wildman–Crippen MR) is 135 cm³/mol. The second-order valence-corrected chi connectivity index (χ2v) is 8.66. The van der Waals surface area contributed by atoms with Crippen molar-refractivity contribution < 1.29 is 9.53 Å². The molecule has 0 atom stereocenters. The highest BCUT2D eigenvalue weighted by Gasteiger charge is 2.37. The second-order valence-electron chi connectivity index (χ2n) is 8.66. The van der Waals surface area contributed by atoms with Gasteiger partial charge in [-0.1, -0.05) is 42.5 Å². The van der Waals surface area contributed by atoms with Gasteiger partial charge in [-0.05, 0) is 57.2 Å². The number of aliphatic imine (C=N–C) groups is 1. The van der Waals surface area contributed by atoms with Crippen molar-refractivity contribution in [3.8, 4) is 11.9 Å². The van der Waals surface area contributed by atoms with E-state index >= 15 is 0 Å². The van der Waals surface area contributed by atoms with Crippen LogP contribution in [-0.4, -0.2) is 49.6 Å². The van der Waals surface area contributed by atoms with Gasteiger partial charge in [0.15, 0.2) is 0 Å². The SMILES string of the molecule is CCN(CC)/C(=N/C#N)N[C@H]1CC[C@](CNC(=O)c2ccccc2OC)(c2ccccc2)CC1. The molecule has 2 aromatic rings. The van der Waals surface area contributed by atoms with Crippen LogP contribution in [0.15, 0.2) is 59.6 Å². The van der Waals surface area contributed by atoms with Crippen LogP contribution in [0.1, 0.15) is 55.5 Å². The lowest BCUT2D eigenvalue weighted by atomic mass is 9.68. The fourth-order valence-electron chi connectivity index (χ4n) is 4.80. The molecule has 1 amide bonds. The lowest BCUT2D eigenvalue weighted by Gasteiger charge is -2.42. The lowest BCUT2D eigenvalue weighted by Crippen LogP contribution is -2.50. The number of hydrogen-bond acceptors (Lipinski definition) is 4. The zero-order valence-corrected chi connectivity index (χ0v) is 20.4. The molecular formula is C27H35N5O2. The van der Waals surface area contributed by atoms with Gasteiger partial charge in [0.1, 0.15) is 5.75 Å². The fourth-order valence-corrected chi connectivity index (χ4v) is 4.80. The molecule has 34 heavy (non-hydrogen) atoms. The molecule has 7 heteroatoms. The summed E-state index contributed by atoms with van der Waals surface area (Å²) in [6.45, 7) is 6.25. The molecule has 0 saturated heterocycles. The largest absolute Gasteiger partial charge is 0.496 e. The van der Waals surface area contributed by atoms with Crippen molar-refractivity contribution in [2.24, 2.45) is 4.99 Å². The van der Waals surface area contributed by atoms with E-state index in [0.717, 1.165) is 38.8 Å². The minimum Gasteiger partial charge on any atom is -0.496 e. The Bertz CT molecular complexity index is 1000. The van der Waals surface area contributed by atoms with Gasteiger partial charge in [0.25, 0.3) is 5.91 Å². The maximum absolute atomic E-state index is 13.0. The smallest absolute Gasteiger partial charge is 0.255 e. The molecule has 7 nitrogen and oxygen atoms in total. The van der Waals surface area contributed by atoms with Crippen LogP contribution in [0.4, 0.5) is 0 Å². The van der Waals surface area contributed by atoms with Crippen LogP contribution in [0.5, 0.6) is 5.75 Å². The van der Waals surface area contributed by atoms with Gasteiger partial charge in [-0.25, -0.2) is 0 Å². The van der Waals surface area contributed by atoms with E-state index in [1.54, 1.807) is 19.2 Å². The number of methoxy groups -OCH3 is 1. The number of benzene rings is 2. The van der Waals surface area contributed by atoms with Crippen LogP contribution < -0.4 is 15.4 Å². The summed E-state index contributed by atoms with van der Waals surface area (Å²) >= 11 is 0. The molecule has 0 aromatic heterocycles. The highest BCUT2D eigenvalue weighted by Crippen LogP contribution is 2.39. The van der Waals surface area contributed by atoms with Crippen LogP contribution in [0.3, 0.4) is 0 Å².